The molecule has 66 valence electrons. The van der Waals surface area contributed by atoms with Crippen LogP contribution in [-0.2, 0) is 4.84 Å². The first-order valence-corrected chi connectivity index (χ1v) is 3.93. The van der Waals surface area contributed by atoms with E-state index >= 15 is 0 Å². The number of nitrogens with zero attached hydrogens (tertiary/aromatic N) is 3. The van der Waals surface area contributed by atoms with E-state index in [1.165, 1.54) is 12.7 Å². The van der Waals surface area contributed by atoms with Crippen LogP contribution < -0.4 is 5.48 Å². The van der Waals surface area contributed by atoms with E-state index in [0.29, 0.717) is 12.6 Å². The second kappa shape index (κ2) is 5.42. The van der Waals surface area contributed by atoms with E-state index in [-0.39, 0.29) is 0 Å². The normalized spacial score (nSPS) is 9.75. The van der Waals surface area contributed by atoms with Crippen molar-refractivity contribution in [1.82, 2.24) is 15.0 Å². The van der Waals surface area contributed by atoms with E-state index in [1.54, 1.807) is 0 Å². The molecular formula is C7H12N4O. The molecule has 0 aromatic carbocycles. The van der Waals surface area contributed by atoms with Crippen molar-refractivity contribution < 1.29 is 4.84 Å². The molecule has 0 aliphatic heterocycles. The summed E-state index contributed by atoms with van der Waals surface area (Å²) in [4.78, 5) is 16.4. The Hall–Kier alpha value is -1.23. The molecule has 5 nitrogen and oxygen atoms in total. The highest BCUT2D eigenvalue weighted by molar-refractivity contribution is 5.15. The number of unbranched alkanes of at least 4 members (excludes halogenated alkanes) is 1. The highest BCUT2D eigenvalue weighted by Crippen LogP contribution is 1.93. The van der Waals surface area contributed by atoms with Gasteiger partial charge in [-0.05, 0) is 6.42 Å². The number of nitrogens with one attached hydrogen (secondary N) is 1. The number of rotatable bonds is 5. The van der Waals surface area contributed by atoms with Crippen molar-refractivity contribution in [3.63, 3.8) is 0 Å². The van der Waals surface area contributed by atoms with Crippen molar-refractivity contribution in [2.24, 2.45) is 0 Å². The number of hydrogen-bond donors (Lipinski definition) is 1. The molecule has 0 amide bonds. The molecule has 0 radical (unpaired) electrons. The summed E-state index contributed by atoms with van der Waals surface area (Å²) in [6, 6.07) is 0. The average molecular weight is 168 g/mol. The highest BCUT2D eigenvalue weighted by atomic mass is 16.6. The third kappa shape index (κ3) is 3.25. The maximum absolute atomic E-state index is 5.06. The van der Waals surface area contributed by atoms with Crippen LogP contribution in [0.25, 0.3) is 0 Å². The van der Waals surface area contributed by atoms with Crippen LogP contribution in [0, 0.1) is 0 Å². The summed E-state index contributed by atoms with van der Waals surface area (Å²) in [5.41, 5.74) is 2.62. The lowest BCUT2D eigenvalue weighted by molar-refractivity contribution is 0.186. The van der Waals surface area contributed by atoms with Gasteiger partial charge in [0.25, 0.3) is 0 Å². The van der Waals surface area contributed by atoms with Crippen LogP contribution in [0.3, 0.4) is 0 Å². The standard InChI is InChI=1S/C7H12N4O/c1-2-3-4-12-11-7-9-5-8-6-10-7/h5-6H,2-4H2,1H3,(H,8,9,10,11). The number of hydrogen-bond acceptors (Lipinski definition) is 5. The van der Waals surface area contributed by atoms with Gasteiger partial charge in [-0.15, -0.1) is 0 Å². The molecule has 0 spiro atoms. The molecule has 5 heteroatoms. The monoisotopic (exact) mass is 168 g/mol. The topological polar surface area (TPSA) is 59.9 Å². The lowest BCUT2D eigenvalue weighted by atomic mass is 10.4. The van der Waals surface area contributed by atoms with Gasteiger partial charge in [-0.2, -0.15) is 9.97 Å². The Morgan fingerprint density at radius 2 is 2.17 bits per heavy atom. The van der Waals surface area contributed by atoms with Gasteiger partial charge in [-0.3, -0.25) is 4.84 Å². The van der Waals surface area contributed by atoms with Crippen LogP contribution >= 0.6 is 0 Å². The Balaban J connectivity index is 2.16. The summed E-state index contributed by atoms with van der Waals surface area (Å²) in [5, 5.41) is 0. The van der Waals surface area contributed by atoms with Crippen molar-refractivity contribution >= 4 is 5.95 Å². The van der Waals surface area contributed by atoms with Gasteiger partial charge >= 0.3 is 0 Å². The summed E-state index contributed by atoms with van der Waals surface area (Å²) in [6.07, 6.45) is 4.97. The molecule has 12 heavy (non-hydrogen) atoms. The molecular weight excluding hydrogens is 156 g/mol. The van der Waals surface area contributed by atoms with Gasteiger partial charge in [0.15, 0.2) is 0 Å². The predicted octanol–water partition coefficient (Wildman–Crippen LogP) is 1.02. The quantitative estimate of drug-likeness (QED) is 0.525. The summed E-state index contributed by atoms with van der Waals surface area (Å²) >= 11 is 0. The first-order valence-electron chi connectivity index (χ1n) is 3.93. The molecule has 0 aliphatic carbocycles. The fraction of sp³-hybridized carbons (Fsp3) is 0.571. The van der Waals surface area contributed by atoms with Crippen LogP contribution in [-0.4, -0.2) is 21.6 Å². The fourth-order valence-corrected chi connectivity index (χ4v) is 0.624. The Morgan fingerprint density at radius 1 is 1.42 bits per heavy atom. The molecule has 0 fully saturated rings. The lowest BCUT2D eigenvalue weighted by Crippen LogP contribution is -2.05. The second-order valence-corrected chi connectivity index (χ2v) is 2.27. The summed E-state index contributed by atoms with van der Waals surface area (Å²) in [6.45, 7) is 2.77. The Labute approximate surface area is 71.2 Å². The van der Waals surface area contributed by atoms with E-state index in [4.69, 9.17) is 4.84 Å². The Morgan fingerprint density at radius 3 is 2.83 bits per heavy atom. The molecule has 1 heterocycles. The van der Waals surface area contributed by atoms with Gasteiger partial charge in [-0.1, -0.05) is 13.3 Å². The Kier molecular flexibility index (Phi) is 4.01. The lowest BCUT2D eigenvalue weighted by Gasteiger charge is -2.02. The molecule has 0 bridgehead atoms. The third-order valence-electron chi connectivity index (χ3n) is 1.26. The van der Waals surface area contributed by atoms with Crippen LogP contribution in [0.4, 0.5) is 5.95 Å². The molecule has 1 N–H and O–H groups in total. The number of anilines is 1. The molecule has 0 saturated heterocycles. The van der Waals surface area contributed by atoms with Crippen molar-refractivity contribution in [3.05, 3.63) is 12.7 Å². The summed E-state index contributed by atoms with van der Waals surface area (Å²) < 4.78 is 0. The minimum Gasteiger partial charge on any atom is -0.273 e. The zero-order valence-corrected chi connectivity index (χ0v) is 7.03. The smallest absolute Gasteiger partial charge is 0.250 e. The van der Waals surface area contributed by atoms with Gasteiger partial charge in [0, 0.05) is 0 Å². The summed E-state index contributed by atoms with van der Waals surface area (Å²) in [5.74, 6) is 0.445. The zero-order valence-electron chi connectivity index (χ0n) is 7.03. The van der Waals surface area contributed by atoms with Crippen molar-refractivity contribution in [3.8, 4) is 0 Å². The van der Waals surface area contributed by atoms with E-state index in [2.05, 4.69) is 27.4 Å². The first kappa shape index (κ1) is 8.86. The van der Waals surface area contributed by atoms with Gasteiger partial charge in [0.1, 0.15) is 12.7 Å². The second-order valence-electron chi connectivity index (χ2n) is 2.27. The van der Waals surface area contributed by atoms with Crippen LogP contribution in [0.2, 0.25) is 0 Å². The molecule has 1 rings (SSSR count). The van der Waals surface area contributed by atoms with Gasteiger partial charge in [0.2, 0.25) is 5.95 Å². The Bertz CT molecular complexity index is 204. The highest BCUT2D eigenvalue weighted by Gasteiger charge is 1.91. The van der Waals surface area contributed by atoms with E-state index < -0.39 is 0 Å². The molecule has 0 unspecified atom stereocenters. The molecule has 0 aliphatic rings. The predicted molar refractivity (Wildman–Crippen MR) is 44.3 cm³/mol. The molecule has 0 saturated carbocycles. The van der Waals surface area contributed by atoms with Crippen LogP contribution in [0.5, 0.6) is 0 Å². The van der Waals surface area contributed by atoms with E-state index in [1.807, 2.05) is 0 Å². The van der Waals surface area contributed by atoms with Gasteiger partial charge in [0.05, 0.1) is 6.61 Å². The minimum atomic E-state index is 0.445. The van der Waals surface area contributed by atoms with Crippen molar-refractivity contribution in [2.75, 3.05) is 12.1 Å². The number of aromatic nitrogens is 3. The SMILES string of the molecule is CCCCONc1ncncn1. The maximum atomic E-state index is 5.06. The molecule has 0 atom stereocenters. The molecule has 1 aromatic rings. The largest absolute Gasteiger partial charge is 0.273 e. The minimum absolute atomic E-state index is 0.445. The van der Waals surface area contributed by atoms with Crippen LogP contribution in [0.15, 0.2) is 12.7 Å². The van der Waals surface area contributed by atoms with Gasteiger partial charge in [-0.25, -0.2) is 10.5 Å². The van der Waals surface area contributed by atoms with Gasteiger partial charge < -0.3 is 0 Å². The van der Waals surface area contributed by atoms with Crippen molar-refractivity contribution in [1.29, 1.82) is 0 Å². The fourth-order valence-electron chi connectivity index (χ4n) is 0.624. The van der Waals surface area contributed by atoms with E-state index in [9.17, 15) is 0 Å². The zero-order chi connectivity index (χ0) is 8.65. The third-order valence-corrected chi connectivity index (χ3v) is 1.26. The van der Waals surface area contributed by atoms with E-state index in [0.717, 1.165) is 12.8 Å². The average Bonchev–Trinajstić information content (AvgIpc) is 2.14. The first-order chi connectivity index (χ1) is 5.93. The maximum Gasteiger partial charge on any atom is 0.250 e. The molecule has 1 aromatic heterocycles. The van der Waals surface area contributed by atoms with Crippen LogP contribution in [0.1, 0.15) is 19.8 Å². The summed E-state index contributed by atoms with van der Waals surface area (Å²) in [7, 11) is 0. The van der Waals surface area contributed by atoms with Crippen molar-refractivity contribution in [2.45, 2.75) is 19.8 Å².